The Morgan fingerprint density at radius 3 is 2.67 bits per heavy atom. The van der Waals surface area contributed by atoms with Crippen molar-refractivity contribution in [1.29, 1.82) is 0 Å². The van der Waals surface area contributed by atoms with Gasteiger partial charge in [0.1, 0.15) is 0 Å². The van der Waals surface area contributed by atoms with Crippen LogP contribution in [0.2, 0.25) is 10.0 Å². The van der Waals surface area contributed by atoms with Crippen molar-refractivity contribution >= 4 is 34.8 Å². The number of carbonyl (C=O) groups excluding carboxylic acids is 1. The SMILES string of the molecule is COc1ccc(N2Cc3cc(Cl)cc(Cl)c3C2=O)cc1O. The van der Waals surface area contributed by atoms with Crippen molar-refractivity contribution in [2.24, 2.45) is 0 Å². The zero-order chi connectivity index (χ0) is 15.1. The Morgan fingerprint density at radius 2 is 2.00 bits per heavy atom. The Labute approximate surface area is 131 Å². The van der Waals surface area contributed by atoms with Crippen LogP contribution in [0.25, 0.3) is 0 Å². The van der Waals surface area contributed by atoms with E-state index in [0.29, 0.717) is 33.6 Å². The van der Waals surface area contributed by atoms with Gasteiger partial charge in [-0.15, -0.1) is 0 Å². The van der Waals surface area contributed by atoms with Crippen molar-refractivity contribution in [3.05, 3.63) is 51.5 Å². The van der Waals surface area contributed by atoms with E-state index in [1.54, 1.807) is 24.3 Å². The molecule has 0 spiro atoms. The molecule has 1 aliphatic rings. The molecule has 21 heavy (non-hydrogen) atoms. The van der Waals surface area contributed by atoms with Gasteiger partial charge >= 0.3 is 0 Å². The van der Waals surface area contributed by atoms with Crippen LogP contribution < -0.4 is 9.64 Å². The molecule has 0 saturated heterocycles. The van der Waals surface area contributed by atoms with Crippen LogP contribution in [0.15, 0.2) is 30.3 Å². The first-order valence-corrected chi connectivity index (χ1v) is 6.93. The number of carbonyl (C=O) groups is 1. The van der Waals surface area contributed by atoms with Crippen LogP contribution in [-0.2, 0) is 6.54 Å². The molecule has 1 N–H and O–H groups in total. The highest BCUT2D eigenvalue weighted by Crippen LogP contribution is 2.37. The zero-order valence-corrected chi connectivity index (χ0v) is 12.6. The van der Waals surface area contributed by atoms with Crippen molar-refractivity contribution < 1.29 is 14.6 Å². The minimum atomic E-state index is -0.212. The number of ether oxygens (including phenoxy) is 1. The molecule has 2 aromatic carbocycles. The Morgan fingerprint density at radius 1 is 1.24 bits per heavy atom. The molecular weight excluding hydrogens is 313 g/mol. The van der Waals surface area contributed by atoms with Gasteiger partial charge in [-0.25, -0.2) is 0 Å². The number of aromatic hydroxyl groups is 1. The number of amides is 1. The van der Waals surface area contributed by atoms with Gasteiger partial charge in [-0.2, -0.15) is 0 Å². The summed E-state index contributed by atoms with van der Waals surface area (Å²) in [5.41, 5.74) is 1.80. The van der Waals surface area contributed by atoms with E-state index in [0.717, 1.165) is 5.56 Å². The number of anilines is 1. The third kappa shape index (κ3) is 2.30. The fourth-order valence-corrected chi connectivity index (χ4v) is 3.04. The molecule has 0 atom stereocenters. The Bertz CT molecular complexity index is 746. The summed E-state index contributed by atoms with van der Waals surface area (Å²) in [6.07, 6.45) is 0. The summed E-state index contributed by atoms with van der Waals surface area (Å²) in [4.78, 5) is 14.0. The first kappa shape index (κ1) is 14.0. The zero-order valence-electron chi connectivity index (χ0n) is 11.1. The Kier molecular flexibility index (Phi) is 3.43. The summed E-state index contributed by atoms with van der Waals surface area (Å²) in [6, 6.07) is 8.07. The number of halogens is 2. The maximum Gasteiger partial charge on any atom is 0.260 e. The molecule has 4 nitrogen and oxygen atoms in total. The van der Waals surface area contributed by atoms with E-state index in [2.05, 4.69) is 0 Å². The lowest BCUT2D eigenvalue weighted by Crippen LogP contribution is -2.23. The molecule has 0 bridgehead atoms. The summed E-state index contributed by atoms with van der Waals surface area (Å²) in [5, 5.41) is 10.7. The molecule has 0 unspecified atom stereocenters. The van der Waals surface area contributed by atoms with Gasteiger partial charge in [-0.05, 0) is 29.8 Å². The molecule has 6 heteroatoms. The van der Waals surface area contributed by atoms with Crippen molar-refractivity contribution in [2.75, 3.05) is 12.0 Å². The highest BCUT2D eigenvalue weighted by Gasteiger charge is 2.31. The van der Waals surface area contributed by atoms with Crippen LogP contribution >= 0.6 is 23.2 Å². The van der Waals surface area contributed by atoms with Crippen LogP contribution in [0.4, 0.5) is 5.69 Å². The minimum absolute atomic E-state index is 0.0251. The van der Waals surface area contributed by atoms with Gasteiger partial charge in [0, 0.05) is 16.8 Å². The Balaban J connectivity index is 2.02. The normalized spacial score (nSPS) is 13.5. The van der Waals surface area contributed by atoms with E-state index < -0.39 is 0 Å². The smallest absolute Gasteiger partial charge is 0.260 e. The van der Waals surface area contributed by atoms with E-state index in [9.17, 15) is 9.90 Å². The number of rotatable bonds is 2. The fourth-order valence-electron chi connectivity index (χ4n) is 2.42. The minimum Gasteiger partial charge on any atom is -0.504 e. The molecule has 0 radical (unpaired) electrons. The molecule has 1 amide bonds. The summed E-state index contributed by atoms with van der Waals surface area (Å²) in [5.74, 6) is 0.114. The molecule has 0 fully saturated rings. The first-order valence-electron chi connectivity index (χ1n) is 6.18. The number of benzene rings is 2. The van der Waals surface area contributed by atoms with Crippen LogP contribution in [-0.4, -0.2) is 18.1 Å². The van der Waals surface area contributed by atoms with Crippen LogP contribution in [0.1, 0.15) is 15.9 Å². The third-order valence-corrected chi connectivity index (χ3v) is 3.91. The van der Waals surface area contributed by atoms with Crippen molar-refractivity contribution in [2.45, 2.75) is 6.54 Å². The van der Waals surface area contributed by atoms with Crippen LogP contribution in [0, 0.1) is 0 Å². The lowest BCUT2D eigenvalue weighted by molar-refractivity contribution is 0.0997. The summed E-state index contributed by atoms with van der Waals surface area (Å²) < 4.78 is 4.99. The first-order chi connectivity index (χ1) is 10.0. The average molecular weight is 324 g/mol. The summed E-state index contributed by atoms with van der Waals surface area (Å²) >= 11 is 12.1. The van der Waals surface area contributed by atoms with Gasteiger partial charge in [-0.3, -0.25) is 4.79 Å². The van der Waals surface area contributed by atoms with Gasteiger partial charge in [0.25, 0.3) is 5.91 Å². The van der Waals surface area contributed by atoms with E-state index in [-0.39, 0.29) is 11.7 Å². The lowest BCUT2D eigenvalue weighted by atomic mass is 10.1. The van der Waals surface area contributed by atoms with Crippen LogP contribution in [0.3, 0.4) is 0 Å². The molecule has 2 aromatic rings. The maximum absolute atomic E-state index is 12.5. The second-order valence-corrected chi connectivity index (χ2v) is 5.51. The second kappa shape index (κ2) is 5.13. The number of phenols is 1. The Hall–Kier alpha value is -1.91. The number of hydrogen-bond donors (Lipinski definition) is 1. The molecule has 3 rings (SSSR count). The third-order valence-electron chi connectivity index (χ3n) is 3.40. The number of nitrogens with zero attached hydrogens (tertiary/aromatic N) is 1. The van der Waals surface area contributed by atoms with Gasteiger partial charge in [0.05, 0.1) is 24.2 Å². The van der Waals surface area contributed by atoms with Crippen molar-refractivity contribution in [3.8, 4) is 11.5 Å². The van der Waals surface area contributed by atoms with Gasteiger partial charge in [0.15, 0.2) is 11.5 Å². The largest absolute Gasteiger partial charge is 0.504 e. The monoisotopic (exact) mass is 323 g/mol. The van der Waals surface area contributed by atoms with E-state index in [1.807, 2.05) is 0 Å². The molecule has 0 aliphatic carbocycles. The molecule has 1 aliphatic heterocycles. The quantitative estimate of drug-likeness (QED) is 0.912. The molecule has 1 heterocycles. The van der Waals surface area contributed by atoms with Crippen molar-refractivity contribution in [1.82, 2.24) is 0 Å². The maximum atomic E-state index is 12.5. The van der Waals surface area contributed by atoms with Crippen LogP contribution in [0.5, 0.6) is 11.5 Å². The molecule has 0 saturated carbocycles. The highest BCUT2D eigenvalue weighted by atomic mass is 35.5. The molecular formula is C15H11Cl2NO3. The highest BCUT2D eigenvalue weighted by molar-refractivity contribution is 6.38. The summed E-state index contributed by atoms with van der Waals surface area (Å²) in [6.45, 7) is 0.361. The number of fused-ring (bicyclic) bond motifs is 1. The van der Waals surface area contributed by atoms with Crippen molar-refractivity contribution in [3.63, 3.8) is 0 Å². The number of methoxy groups -OCH3 is 1. The predicted octanol–water partition coefficient (Wildman–Crippen LogP) is 3.87. The standard InChI is InChI=1S/C15H11Cl2NO3/c1-21-13-3-2-10(6-12(13)19)18-7-8-4-9(16)5-11(17)14(8)15(18)20/h2-6,19H,7H2,1H3. The summed E-state index contributed by atoms with van der Waals surface area (Å²) in [7, 11) is 1.47. The predicted molar refractivity (Wildman–Crippen MR) is 81.6 cm³/mol. The van der Waals surface area contributed by atoms with Gasteiger partial charge in [0.2, 0.25) is 0 Å². The molecule has 108 valence electrons. The fraction of sp³-hybridized carbons (Fsp3) is 0.133. The average Bonchev–Trinajstić information content (AvgIpc) is 2.75. The van der Waals surface area contributed by atoms with Gasteiger partial charge in [-0.1, -0.05) is 23.2 Å². The number of hydrogen-bond acceptors (Lipinski definition) is 3. The van der Waals surface area contributed by atoms with E-state index >= 15 is 0 Å². The lowest BCUT2D eigenvalue weighted by Gasteiger charge is -2.16. The van der Waals surface area contributed by atoms with E-state index in [1.165, 1.54) is 18.1 Å². The number of phenolic OH excluding ortho intramolecular Hbond substituents is 1. The second-order valence-electron chi connectivity index (χ2n) is 4.67. The molecule has 0 aromatic heterocycles. The topological polar surface area (TPSA) is 49.8 Å². The van der Waals surface area contributed by atoms with E-state index in [4.69, 9.17) is 27.9 Å². The van der Waals surface area contributed by atoms with Gasteiger partial charge < -0.3 is 14.7 Å².